The highest BCUT2D eigenvalue weighted by molar-refractivity contribution is 7.99. The van der Waals surface area contributed by atoms with Crippen LogP contribution >= 0.6 is 11.8 Å². The van der Waals surface area contributed by atoms with Gasteiger partial charge in [-0.1, -0.05) is 13.8 Å². The first kappa shape index (κ1) is 11.0. The number of hydrogen-bond acceptors (Lipinski definition) is 3. The predicted octanol–water partition coefficient (Wildman–Crippen LogP) is 2.11. The van der Waals surface area contributed by atoms with E-state index in [2.05, 4.69) is 18.8 Å². The number of hydrogen-bond donors (Lipinski definition) is 2. The number of nitrogens with zero attached hydrogens (tertiary/aromatic N) is 1. The van der Waals surface area contributed by atoms with E-state index in [4.69, 9.17) is 11.1 Å². The fraction of sp³-hybridized carbons (Fsp3) is 0.400. The topological polar surface area (TPSA) is 62.8 Å². The third-order valence-electron chi connectivity index (χ3n) is 1.61. The van der Waals surface area contributed by atoms with Crippen molar-refractivity contribution in [3.8, 4) is 0 Å². The molecule has 0 radical (unpaired) electrons. The van der Waals surface area contributed by atoms with Crippen LogP contribution in [0.1, 0.15) is 19.4 Å². The second kappa shape index (κ2) is 5.00. The quantitative estimate of drug-likeness (QED) is 0.453. The summed E-state index contributed by atoms with van der Waals surface area (Å²) in [6, 6.07) is 3.61. The second-order valence-electron chi connectivity index (χ2n) is 3.50. The van der Waals surface area contributed by atoms with E-state index in [0.29, 0.717) is 5.92 Å². The van der Waals surface area contributed by atoms with E-state index < -0.39 is 0 Å². The first-order valence-electron chi connectivity index (χ1n) is 4.53. The zero-order chi connectivity index (χ0) is 10.6. The SMILES string of the molecule is CC(C)CSc1cc(C(=N)N)ccn1. The van der Waals surface area contributed by atoms with Gasteiger partial charge in [0.2, 0.25) is 0 Å². The molecule has 0 saturated carbocycles. The number of nitrogens with two attached hydrogens (primary N) is 1. The first-order valence-corrected chi connectivity index (χ1v) is 5.51. The smallest absolute Gasteiger partial charge is 0.122 e. The minimum Gasteiger partial charge on any atom is -0.384 e. The number of nitrogen functional groups attached to an aromatic ring is 1. The number of nitrogens with one attached hydrogen (secondary N) is 1. The van der Waals surface area contributed by atoms with Crippen LogP contribution in [0.15, 0.2) is 23.4 Å². The van der Waals surface area contributed by atoms with Gasteiger partial charge in [0.25, 0.3) is 0 Å². The summed E-state index contributed by atoms with van der Waals surface area (Å²) < 4.78 is 0. The highest BCUT2D eigenvalue weighted by atomic mass is 32.2. The standard InChI is InChI=1S/C10H15N3S/c1-7(2)6-14-9-5-8(10(11)12)3-4-13-9/h3-5,7H,6H2,1-2H3,(H3,11,12). The molecule has 0 saturated heterocycles. The van der Waals surface area contributed by atoms with Crippen molar-refractivity contribution in [1.29, 1.82) is 5.41 Å². The molecule has 1 aromatic heterocycles. The zero-order valence-electron chi connectivity index (χ0n) is 8.45. The molecule has 0 aromatic carbocycles. The van der Waals surface area contributed by atoms with Crippen LogP contribution in [0.3, 0.4) is 0 Å². The van der Waals surface area contributed by atoms with E-state index in [1.54, 1.807) is 24.0 Å². The maximum Gasteiger partial charge on any atom is 0.122 e. The number of pyridine rings is 1. The van der Waals surface area contributed by atoms with Gasteiger partial charge in [-0.2, -0.15) is 0 Å². The Morgan fingerprint density at radius 2 is 2.36 bits per heavy atom. The Bertz CT molecular complexity index is 323. The van der Waals surface area contributed by atoms with Crippen molar-refractivity contribution in [2.24, 2.45) is 11.7 Å². The summed E-state index contributed by atoms with van der Waals surface area (Å²) in [4.78, 5) is 4.20. The molecule has 0 aliphatic rings. The highest BCUT2D eigenvalue weighted by Crippen LogP contribution is 2.18. The number of rotatable bonds is 4. The summed E-state index contributed by atoms with van der Waals surface area (Å²) in [6.45, 7) is 4.34. The summed E-state index contributed by atoms with van der Waals surface area (Å²) >= 11 is 1.70. The Kier molecular flexibility index (Phi) is 3.95. The minimum atomic E-state index is 0.0961. The third kappa shape index (κ3) is 3.38. The van der Waals surface area contributed by atoms with Crippen molar-refractivity contribution in [2.45, 2.75) is 18.9 Å². The fourth-order valence-electron chi connectivity index (χ4n) is 0.908. The summed E-state index contributed by atoms with van der Waals surface area (Å²) in [5.41, 5.74) is 6.13. The molecule has 14 heavy (non-hydrogen) atoms. The molecule has 0 fully saturated rings. The summed E-state index contributed by atoms with van der Waals surface area (Å²) in [6.07, 6.45) is 1.69. The third-order valence-corrected chi connectivity index (χ3v) is 2.96. The molecule has 0 atom stereocenters. The van der Waals surface area contributed by atoms with Crippen molar-refractivity contribution in [3.05, 3.63) is 23.9 Å². The Balaban J connectivity index is 2.69. The number of aromatic nitrogens is 1. The molecule has 1 aromatic rings. The van der Waals surface area contributed by atoms with Gasteiger partial charge in [-0.3, -0.25) is 5.41 Å². The molecule has 3 nitrogen and oxygen atoms in total. The van der Waals surface area contributed by atoms with Crippen LogP contribution in [0.25, 0.3) is 0 Å². The highest BCUT2D eigenvalue weighted by Gasteiger charge is 2.01. The number of thioether (sulfide) groups is 1. The van der Waals surface area contributed by atoms with Crippen LogP contribution in [-0.4, -0.2) is 16.6 Å². The predicted molar refractivity (Wildman–Crippen MR) is 60.8 cm³/mol. The van der Waals surface area contributed by atoms with Gasteiger partial charge in [0.15, 0.2) is 0 Å². The van der Waals surface area contributed by atoms with Crippen LogP contribution in [0, 0.1) is 11.3 Å². The summed E-state index contributed by atoms with van der Waals surface area (Å²) in [7, 11) is 0. The Labute approximate surface area is 88.6 Å². The van der Waals surface area contributed by atoms with Gasteiger partial charge in [0.1, 0.15) is 5.84 Å². The fourth-order valence-corrected chi connectivity index (χ4v) is 1.76. The maximum absolute atomic E-state index is 7.29. The van der Waals surface area contributed by atoms with Gasteiger partial charge in [0.05, 0.1) is 5.03 Å². The van der Waals surface area contributed by atoms with E-state index in [1.165, 1.54) is 0 Å². The Morgan fingerprint density at radius 1 is 1.64 bits per heavy atom. The van der Waals surface area contributed by atoms with Gasteiger partial charge in [-0.05, 0) is 18.1 Å². The van der Waals surface area contributed by atoms with Crippen molar-refractivity contribution in [2.75, 3.05) is 5.75 Å². The second-order valence-corrected chi connectivity index (χ2v) is 4.54. The van der Waals surface area contributed by atoms with Crippen molar-refractivity contribution in [3.63, 3.8) is 0 Å². The van der Waals surface area contributed by atoms with Crippen molar-refractivity contribution < 1.29 is 0 Å². The molecule has 76 valence electrons. The van der Waals surface area contributed by atoms with Gasteiger partial charge in [-0.15, -0.1) is 11.8 Å². The molecular formula is C10H15N3S. The van der Waals surface area contributed by atoms with Crippen LogP contribution in [0.5, 0.6) is 0 Å². The zero-order valence-corrected chi connectivity index (χ0v) is 9.27. The summed E-state index contributed by atoms with van der Waals surface area (Å²) in [5, 5.41) is 8.23. The largest absolute Gasteiger partial charge is 0.384 e. The molecule has 1 heterocycles. The van der Waals surface area contributed by atoms with Crippen molar-refractivity contribution >= 4 is 17.6 Å². The normalized spacial score (nSPS) is 10.5. The molecular weight excluding hydrogens is 194 g/mol. The molecule has 3 N–H and O–H groups in total. The average Bonchev–Trinajstić information content (AvgIpc) is 2.15. The lowest BCUT2D eigenvalue weighted by Gasteiger charge is -2.04. The van der Waals surface area contributed by atoms with E-state index >= 15 is 0 Å². The Morgan fingerprint density at radius 3 is 2.93 bits per heavy atom. The summed E-state index contributed by atoms with van der Waals surface area (Å²) in [5.74, 6) is 1.77. The average molecular weight is 209 g/mol. The van der Waals surface area contributed by atoms with Gasteiger partial charge < -0.3 is 5.73 Å². The lowest BCUT2D eigenvalue weighted by Crippen LogP contribution is -2.11. The molecule has 0 aliphatic carbocycles. The molecule has 0 aliphatic heterocycles. The van der Waals surface area contributed by atoms with Gasteiger partial charge in [-0.25, -0.2) is 4.98 Å². The molecule has 0 spiro atoms. The van der Waals surface area contributed by atoms with E-state index in [0.717, 1.165) is 16.3 Å². The molecule has 0 unspecified atom stereocenters. The lowest BCUT2D eigenvalue weighted by molar-refractivity contribution is 0.749. The van der Waals surface area contributed by atoms with Gasteiger partial charge in [0, 0.05) is 17.5 Å². The van der Waals surface area contributed by atoms with Crippen molar-refractivity contribution in [1.82, 2.24) is 4.98 Å². The Hall–Kier alpha value is -1.03. The van der Waals surface area contributed by atoms with Crippen LogP contribution in [0.2, 0.25) is 0 Å². The minimum absolute atomic E-state index is 0.0961. The monoisotopic (exact) mass is 209 g/mol. The van der Waals surface area contributed by atoms with E-state index in [1.807, 2.05) is 6.07 Å². The van der Waals surface area contributed by atoms with Crippen LogP contribution in [-0.2, 0) is 0 Å². The molecule has 1 rings (SSSR count). The first-order chi connectivity index (χ1) is 6.59. The maximum atomic E-state index is 7.29. The molecule has 0 amide bonds. The van der Waals surface area contributed by atoms with Crippen LogP contribution < -0.4 is 5.73 Å². The number of amidine groups is 1. The van der Waals surface area contributed by atoms with E-state index in [-0.39, 0.29) is 5.84 Å². The lowest BCUT2D eigenvalue weighted by atomic mass is 10.2. The van der Waals surface area contributed by atoms with Gasteiger partial charge >= 0.3 is 0 Å². The van der Waals surface area contributed by atoms with Crippen LogP contribution in [0.4, 0.5) is 0 Å². The molecule has 0 bridgehead atoms. The molecule has 4 heteroatoms. The van der Waals surface area contributed by atoms with E-state index in [9.17, 15) is 0 Å².